The summed E-state index contributed by atoms with van der Waals surface area (Å²) in [6, 6.07) is 12.9. The molecule has 0 aliphatic carbocycles. The normalized spacial score (nSPS) is 16.8. The Morgan fingerprint density at radius 3 is 2.86 bits per heavy atom. The minimum absolute atomic E-state index is 0.0943. The van der Waals surface area contributed by atoms with Crippen molar-refractivity contribution in [1.29, 1.82) is 0 Å². The molecule has 0 saturated carbocycles. The van der Waals surface area contributed by atoms with Crippen LogP contribution in [0.4, 0.5) is 0 Å². The lowest BCUT2D eigenvalue weighted by Gasteiger charge is -2.33. The number of rotatable bonds is 4. The molecule has 0 spiro atoms. The van der Waals surface area contributed by atoms with Crippen molar-refractivity contribution in [1.82, 2.24) is 15.0 Å². The number of nitrogens with zero attached hydrogens (tertiary/aromatic N) is 3. The Balaban J connectivity index is 1.58. The Morgan fingerprint density at radius 2 is 2.07 bits per heavy atom. The van der Waals surface area contributed by atoms with E-state index in [0.717, 1.165) is 34.8 Å². The number of carbonyl (C=O) groups excluding carboxylic acids is 1. The Labute approximate surface area is 174 Å². The fraction of sp³-hybridized carbons (Fsp3) is 0.318. The Kier molecular flexibility index (Phi) is 5.65. The van der Waals surface area contributed by atoms with E-state index in [9.17, 15) is 4.79 Å². The van der Waals surface area contributed by atoms with E-state index in [0.29, 0.717) is 30.3 Å². The van der Waals surface area contributed by atoms with Crippen molar-refractivity contribution in [3.63, 3.8) is 0 Å². The maximum absolute atomic E-state index is 12.9. The molecular weight excluding hydrogens is 390 g/mol. The molecule has 1 aromatic carbocycles. The summed E-state index contributed by atoms with van der Waals surface area (Å²) in [6.45, 7) is 5.32. The van der Waals surface area contributed by atoms with Crippen molar-refractivity contribution < 1.29 is 14.1 Å². The van der Waals surface area contributed by atoms with Crippen LogP contribution >= 0.6 is 11.6 Å². The number of aromatic nitrogens is 2. The molecule has 3 heterocycles. The van der Waals surface area contributed by atoms with Gasteiger partial charge in [-0.1, -0.05) is 41.9 Å². The third-order valence-electron chi connectivity index (χ3n) is 5.07. The fourth-order valence-corrected chi connectivity index (χ4v) is 3.79. The van der Waals surface area contributed by atoms with Crippen molar-refractivity contribution in [3.8, 4) is 11.3 Å². The summed E-state index contributed by atoms with van der Waals surface area (Å²) in [5.74, 6) is 0.718. The molecule has 29 heavy (non-hydrogen) atoms. The third kappa shape index (κ3) is 3.91. The van der Waals surface area contributed by atoms with E-state index >= 15 is 0 Å². The molecule has 0 unspecified atom stereocenters. The van der Waals surface area contributed by atoms with E-state index < -0.39 is 0 Å². The number of pyridine rings is 1. The zero-order valence-electron chi connectivity index (χ0n) is 16.4. The first-order valence-electron chi connectivity index (χ1n) is 9.66. The quantitative estimate of drug-likeness (QED) is 0.633. The van der Waals surface area contributed by atoms with Crippen LogP contribution < -0.4 is 0 Å². The van der Waals surface area contributed by atoms with Crippen molar-refractivity contribution in [2.24, 2.45) is 0 Å². The van der Waals surface area contributed by atoms with Crippen LogP contribution in [-0.2, 0) is 11.2 Å². The van der Waals surface area contributed by atoms with Crippen LogP contribution in [0.25, 0.3) is 11.3 Å². The molecule has 2 aromatic heterocycles. The lowest BCUT2D eigenvalue weighted by Crippen LogP contribution is -2.42. The number of morpholine rings is 1. The maximum atomic E-state index is 12.9. The highest BCUT2D eigenvalue weighted by Crippen LogP contribution is 2.29. The van der Waals surface area contributed by atoms with Crippen molar-refractivity contribution in [2.45, 2.75) is 26.4 Å². The molecule has 1 aliphatic rings. The third-order valence-corrected chi connectivity index (χ3v) is 5.40. The molecule has 0 radical (unpaired) electrons. The van der Waals surface area contributed by atoms with Crippen LogP contribution in [0.5, 0.6) is 0 Å². The van der Waals surface area contributed by atoms with Gasteiger partial charge in [-0.2, -0.15) is 0 Å². The minimum Gasteiger partial charge on any atom is -0.368 e. The number of carbonyl (C=O) groups is 1. The van der Waals surface area contributed by atoms with Gasteiger partial charge in [-0.15, -0.1) is 0 Å². The minimum atomic E-state index is -0.305. The zero-order chi connectivity index (χ0) is 20.4. The molecule has 4 rings (SSSR count). The largest absolute Gasteiger partial charge is 0.368 e. The van der Waals surface area contributed by atoms with Crippen molar-refractivity contribution >= 4 is 17.5 Å². The van der Waals surface area contributed by atoms with E-state index in [4.69, 9.17) is 25.8 Å². The van der Waals surface area contributed by atoms with Gasteiger partial charge in [0, 0.05) is 13.0 Å². The van der Waals surface area contributed by atoms with Gasteiger partial charge in [0.25, 0.3) is 5.91 Å². The van der Waals surface area contributed by atoms with Crippen molar-refractivity contribution in [2.75, 3.05) is 19.7 Å². The van der Waals surface area contributed by atoms with Crippen LogP contribution in [0.3, 0.4) is 0 Å². The van der Waals surface area contributed by atoms with Crippen LogP contribution in [0.1, 0.15) is 40.5 Å². The summed E-state index contributed by atoms with van der Waals surface area (Å²) in [5.41, 5.74) is 3.82. The second kappa shape index (κ2) is 8.35. The van der Waals surface area contributed by atoms with E-state index in [1.807, 2.05) is 44.2 Å². The highest BCUT2D eigenvalue weighted by atomic mass is 35.5. The monoisotopic (exact) mass is 411 g/mol. The number of amides is 1. The summed E-state index contributed by atoms with van der Waals surface area (Å²) in [4.78, 5) is 19.5. The Morgan fingerprint density at radius 1 is 1.24 bits per heavy atom. The lowest BCUT2D eigenvalue weighted by molar-refractivity contribution is -0.0246. The second-order valence-electron chi connectivity index (χ2n) is 6.96. The van der Waals surface area contributed by atoms with E-state index in [1.165, 1.54) is 0 Å². The SMILES string of the molecule is CCc1onc(C)c1-c1cccc([C@@H]2CN(C(=O)c3ccccc3Cl)CCO2)n1. The maximum Gasteiger partial charge on any atom is 0.255 e. The van der Waals surface area contributed by atoms with Gasteiger partial charge in [-0.3, -0.25) is 4.79 Å². The zero-order valence-corrected chi connectivity index (χ0v) is 17.1. The predicted molar refractivity (Wildman–Crippen MR) is 110 cm³/mol. The van der Waals surface area contributed by atoms with Crippen molar-refractivity contribution in [3.05, 3.63) is 70.2 Å². The van der Waals surface area contributed by atoms with Gasteiger partial charge >= 0.3 is 0 Å². The molecule has 150 valence electrons. The fourth-order valence-electron chi connectivity index (χ4n) is 3.57. The van der Waals surface area contributed by atoms with Gasteiger partial charge in [-0.05, 0) is 31.2 Å². The highest BCUT2D eigenvalue weighted by Gasteiger charge is 2.28. The first-order chi connectivity index (χ1) is 14.1. The predicted octanol–water partition coefficient (Wildman–Crippen LogP) is 4.47. The summed E-state index contributed by atoms with van der Waals surface area (Å²) < 4.78 is 11.3. The lowest BCUT2D eigenvalue weighted by atomic mass is 10.1. The van der Waals surface area contributed by atoms with Gasteiger partial charge in [0.15, 0.2) is 0 Å². The first kappa shape index (κ1) is 19.6. The van der Waals surface area contributed by atoms with Crippen LogP contribution in [0.15, 0.2) is 47.0 Å². The van der Waals surface area contributed by atoms with Crippen LogP contribution in [0.2, 0.25) is 5.02 Å². The van der Waals surface area contributed by atoms with Crippen LogP contribution in [-0.4, -0.2) is 40.6 Å². The van der Waals surface area contributed by atoms with Gasteiger partial charge in [0.1, 0.15) is 11.9 Å². The number of hydrogen-bond acceptors (Lipinski definition) is 5. The molecule has 6 nitrogen and oxygen atoms in total. The molecular formula is C22H22ClN3O3. The van der Waals surface area contributed by atoms with Gasteiger partial charge in [-0.25, -0.2) is 4.98 Å². The smallest absolute Gasteiger partial charge is 0.255 e. The topological polar surface area (TPSA) is 68.5 Å². The molecule has 7 heteroatoms. The van der Waals surface area contributed by atoms with Gasteiger partial charge < -0.3 is 14.2 Å². The molecule has 1 amide bonds. The standard InChI is InChI=1S/C22H22ClN3O3/c1-3-19-21(14(2)25-29-19)18-10-6-9-17(24-18)20-13-26(11-12-28-20)22(27)15-7-4-5-8-16(15)23/h4-10,20H,3,11-13H2,1-2H3/t20-/m0/s1. The highest BCUT2D eigenvalue weighted by molar-refractivity contribution is 6.33. The average molecular weight is 412 g/mol. The first-order valence-corrected chi connectivity index (χ1v) is 10.0. The summed E-state index contributed by atoms with van der Waals surface area (Å²) in [6.07, 6.45) is 0.433. The van der Waals surface area contributed by atoms with Gasteiger partial charge in [0.2, 0.25) is 0 Å². The molecule has 1 aliphatic heterocycles. The van der Waals surface area contributed by atoms with Gasteiger partial charge in [0.05, 0.1) is 46.4 Å². The summed E-state index contributed by atoms with van der Waals surface area (Å²) >= 11 is 6.21. The summed E-state index contributed by atoms with van der Waals surface area (Å²) in [7, 11) is 0. The number of benzene rings is 1. The summed E-state index contributed by atoms with van der Waals surface area (Å²) in [5, 5.41) is 4.53. The van der Waals surface area contributed by atoms with E-state index in [-0.39, 0.29) is 12.0 Å². The molecule has 3 aromatic rings. The molecule has 0 N–H and O–H groups in total. The van der Waals surface area contributed by atoms with E-state index in [2.05, 4.69) is 5.16 Å². The average Bonchev–Trinajstić information content (AvgIpc) is 3.14. The number of ether oxygens (including phenoxy) is 1. The molecule has 1 saturated heterocycles. The Hall–Kier alpha value is -2.70. The molecule has 1 fully saturated rings. The van der Waals surface area contributed by atoms with Crippen LogP contribution in [0, 0.1) is 6.92 Å². The second-order valence-corrected chi connectivity index (χ2v) is 7.37. The number of halogens is 1. The Bertz CT molecular complexity index is 1030. The number of hydrogen-bond donors (Lipinski definition) is 0. The van der Waals surface area contributed by atoms with E-state index in [1.54, 1.807) is 17.0 Å². The number of aryl methyl sites for hydroxylation is 2. The molecule has 1 atom stereocenters. The molecule has 0 bridgehead atoms.